The highest BCUT2D eigenvalue weighted by molar-refractivity contribution is 5.64. The Hall–Kier alpha value is -1.06. The lowest BCUT2D eigenvalue weighted by Crippen LogP contribution is -2.36. The molecule has 1 aliphatic carbocycles. The highest BCUT2D eigenvalue weighted by Crippen LogP contribution is 2.22. The van der Waals surface area contributed by atoms with E-state index < -0.39 is 6.09 Å². The van der Waals surface area contributed by atoms with E-state index in [2.05, 4.69) is 5.32 Å². The average molecular weight is 171 g/mol. The SMILES string of the molecule is O=C[C@H]1CC[C@@H](NC(=O)O)CC1. The third-order valence-corrected chi connectivity index (χ3v) is 2.29. The molecule has 1 aliphatic rings. The molecule has 0 saturated heterocycles. The van der Waals surface area contributed by atoms with Gasteiger partial charge in [-0.3, -0.25) is 0 Å². The summed E-state index contributed by atoms with van der Waals surface area (Å²) in [5, 5.41) is 10.8. The van der Waals surface area contributed by atoms with Crippen molar-refractivity contribution in [1.29, 1.82) is 0 Å². The fourth-order valence-corrected chi connectivity index (χ4v) is 1.57. The summed E-state index contributed by atoms with van der Waals surface area (Å²) in [6.07, 6.45) is 3.20. The second-order valence-corrected chi connectivity index (χ2v) is 3.20. The molecule has 1 rings (SSSR count). The fourth-order valence-electron chi connectivity index (χ4n) is 1.57. The zero-order valence-electron chi connectivity index (χ0n) is 6.82. The molecular formula is C8H13NO3. The van der Waals surface area contributed by atoms with Crippen LogP contribution >= 0.6 is 0 Å². The van der Waals surface area contributed by atoms with Crippen LogP contribution in [-0.2, 0) is 4.79 Å². The van der Waals surface area contributed by atoms with Gasteiger partial charge in [0, 0.05) is 12.0 Å². The number of aldehydes is 1. The normalized spacial score (nSPS) is 29.3. The molecule has 1 saturated carbocycles. The Labute approximate surface area is 71.0 Å². The zero-order valence-corrected chi connectivity index (χ0v) is 6.82. The minimum absolute atomic E-state index is 0.0544. The van der Waals surface area contributed by atoms with Crippen LogP contribution in [0.5, 0.6) is 0 Å². The van der Waals surface area contributed by atoms with Crippen molar-refractivity contribution in [2.75, 3.05) is 0 Å². The van der Waals surface area contributed by atoms with Crippen LogP contribution in [0.25, 0.3) is 0 Å². The summed E-state index contributed by atoms with van der Waals surface area (Å²) in [7, 11) is 0. The monoisotopic (exact) mass is 171 g/mol. The summed E-state index contributed by atoms with van der Waals surface area (Å²) in [5.41, 5.74) is 0. The molecule has 0 unspecified atom stereocenters. The number of carboxylic acid groups (broad SMARTS) is 1. The number of carbonyl (C=O) groups is 2. The Kier molecular flexibility index (Phi) is 3.08. The Morgan fingerprint density at radius 2 is 1.92 bits per heavy atom. The van der Waals surface area contributed by atoms with Gasteiger partial charge in [-0.2, -0.15) is 0 Å². The second-order valence-electron chi connectivity index (χ2n) is 3.20. The first-order chi connectivity index (χ1) is 5.72. The van der Waals surface area contributed by atoms with E-state index in [0.29, 0.717) is 0 Å². The molecular weight excluding hydrogens is 158 g/mol. The van der Waals surface area contributed by atoms with Gasteiger partial charge < -0.3 is 15.2 Å². The van der Waals surface area contributed by atoms with Gasteiger partial charge in [-0.1, -0.05) is 0 Å². The molecule has 12 heavy (non-hydrogen) atoms. The van der Waals surface area contributed by atoms with E-state index in [1.54, 1.807) is 0 Å². The van der Waals surface area contributed by atoms with Gasteiger partial charge in [0.15, 0.2) is 0 Å². The summed E-state index contributed by atoms with van der Waals surface area (Å²) in [4.78, 5) is 20.6. The molecule has 0 aromatic heterocycles. The minimum atomic E-state index is -0.968. The molecule has 0 bridgehead atoms. The topological polar surface area (TPSA) is 66.4 Å². The number of carbonyl (C=O) groups excluding carboxylic acids is 1. The van der Waals surface area contributed by atoms with Crippen molar-refractivity contribution in [3.8, 4) is 0 Å². The second kappa shape index (κ2) is 4.09. The van der Waals surface area contributed by atoms with Crippen LogP contribution in [-0.4, -0.2) is 23.5 Å². The van der Waals surface area contributed by atoms with E-state index >= 15 is 0 Å². The van der Waals surface area contributed by atoms with E-state index in [9.17, 15) is 9.59 Å². The predicted octanol–water partition coefficient (Wildman–Crippen LogP) is 1.01. The average Bonchev–Trinajstić information content (AvgIpc) is 2.05. The van der Waals surface area contributed by atoms with Gasteiger partial charge in [0.05, 0.1) is 0 Å². The summed E-state index contributed by atoms with van der Waals surface area (Å²) in [6, 6.07) is 0.0544. The van der Waals surface area contributed by atoms with Crippen LogP contribution in [0.3, 0.4) is 0 Å². The Morgan fingerprint density at radius 3 is 2.33 bits per heavy atom. The van der Waals surface area contributed by atoms with Crippen molar-refractivity contribution >= 4 is 12.4 Å². The molecule has 0 aromatic rings. The van der Waals surface area contributed by atoms with Gasteiger partial charge in [0.1, 0.15) is 6.29 Å². The molecule has 0 heterocycles. The van der Waals surface area contributed by atoms with E-state index in [1.807, 2.05) is 0 Å². The third kappa shape index (κ3) is 2.53. The van der Waals surface area contributed by atoms with E-state index in [4.69, 9.17) is 5.11 Å². The molecule has 2 N–H and O–H groups in total. The van der Waals surface area contributed by atoms with Crippen molar-refractivity contribution in [3.63, 3.8) is 0 Å². The van der Waals surface area contributed by atoms with Crippen molar-refractivity contribution in [2.45, 2.75) is 31.7 Å². The molecule has 4 nitrogen and oxygen atoms in total. The number of amides is 1. The number of hydrogen-bond donors (Lipinski definition) is 2. The fraction of sp³-hybridized carbons (Fsp3) is 0.750. The van der Waals surface area contributed by atoms with Gasteiger partial charge in [-0.15, -0.1) is 0 Å². The third-order valence-electron chi connectivity index (χ3n) is 2.29. The number of rotatable bonds is 2. The Morgan fingerprint density at radius 1 is 1.33 bits per heavy atom. The van der Waals surface area contributed by atoms with Crippen molar-refractivity contribution in [3.05, 3.63) is 0 Å². The summed E-state index contributed by atoms with van der Waals surface area (Å²) < 4.78 is 0. The summed E-state index contributed by atoms with van der Waals surface area (Å²) in [5.74, 6) is 0.150. The van der Waals surface area contributed by atoms with Crippen LogP contribution < -0.4 is 5.32 Å². The molecule has 0 spiro atoms. The van der Waals surface area contributed by atoms with Gasteiger partial charge >= 0.3 is 6.09 Å². The number of nitrogens with one attached hydrogen (secondary N) is 1. The standard InChI is InChI=1S/C8H13NO3/c10-5-6-1-3-7(4-2-6)9-8(11)12/h5-7,9H,1-4H2,(H,11,12)/t6-,7+. The van der Waals surface area contributed by atoms with Crippen molar-refractivity contribution < 1.29 is 14.7 Å². The van der Waals surface area contributed by atoms with Crippen molar-refractivity contribution in [2.24, 2.45) is 5.92 Å². The molecule has 0 aliphatic heterocycles. The molecule has 0 radical (unpaired) electrons. The smallest absolute Gasteiger partial charge is 0.404 e. The van der Waals surface area contributed by atoms with E-state index in [-0.39, 0.29) is 12.0 Å². The maximum Gasteiger partial charge on any atom is 0.404 e. The van der Waals surface area contributed by atoms with Crippen LogP contribution in [0, 0.1) is 5.92 Å². The summed E-state index contributed by atoms with van der Waals surface area (Å²) in [6.45, 7) is 0. The van der Waals surface area contributed by atoms with Gasteiger partial charge in [-0.05, 0) is 25.7 Å². The molecule has 1 amide bonds. The molecule has 1 fully saturated rings. The van der Waals surface area contributed by atoms with Gasteiger partial charge in [0.2, 0.25) is 0 Å². The largest absolute Gasteiger partial charge is 0.465 e. The zero-order chi connectivity index (χ0) is 8.97. The highest BCUT2D eigenvalue weighted by Gasteiger charge is 2.21. The number of hydrogen-bond acceptors (Lipinski definition) is 2. The quantitative estimate of drug-likeness (QED) is 0.609. The first-order valence-electron chi connectivity index (χ1n) is 4.17. The first kappa shape index (κ1) is 9.03. The molecule has 4 heteroatoms. The van der Waals surface area contributed by atoms with Crippen molar-refractivity contribution in [1.82, 2.24) is 5.32 Å². The minimum Gasteiger partial charge on any atom is -0.465 e. The maximum absolute atomic E-state index is 10.4. The Bertz CT molecular complexity index is 173. The molecule has 0 atom stereocenters. The lowest BCUT2D eigenvalue weighted by molar-refractivity contribution is -0.111. The molecule has 68 valence electrons. The summed E-state index contributed by atoms with van der Waals surface area (Å²) >= 11 is 0. The van der Waals surface area contributed by atoms with E-state index in [1.165, 1.54) is 0 Å². The first-order valence-corrected chi connectivity index (χ1v) is 4.17. The van der Waals surface area contributed by atoms with Crippen LogP contribution in [0.1, 0.15) is 25.7 Å². The molecule has 0 aromatic carbocycles. The predicted molar refractivity (Wildman–Crippen MR) is 43.0 cm³/mol. The Balaban J connectivity index is 2.26. The highest BCUT2D eigenvalue weighted by atomic mass is 16.4. The van der Waals surface area contributed by atoms with Crippen LogP contribution in [0.2, 0.25) is 0 Å². The van der Waals surface area contributed by atoms with Crippen LogP contribution in [0.4, 0.5) is 4.79 Å². The lowest BCUT2D eigenvalue weighted by Gasteiger charge is -2.24. The van der Waals surface area contributed by atoms with Crippen LogP contribution in [0.15, 0.2) is 0 Å². The van der Waals surface area contributed by atoms with Gasteiger partial charge in [-0.25, -0.2) is 4.79 Å². The van der Waals surface area contributed by atoms with E-state index in [0.717, 1.165) is 32.0 Å². The van der Waals surface area contributed by atoms with Gasteiger partial charge in [0.25, 0.3) is 0 Å². The maximum atomic E-state index is 10.4. The lowest BCUT2D eigenvalue weighted by atomic mass is 9.87.